The first-order valence-electron chi connectivity index (χ1n) is 11.2. The minimum atomic E-state index is -4.62. The van der Waals surface area contributed by atoms with Crippen LogP contribution in [-0.2, 0) is 23.9 Å². The second-order valence-corrected chi connectivity index (χ2v) is 8.32. The molecule has 0 radical (unpaired) electrons. The normalized spacial score (nSPS) is 17.1. The molecular formula is C22H22F3N9O2. The van der Waals surface area contributed by atoms with Crippen LogP contribution in [0.2, 0.25) is 0 Å². The van der Waals surface area contributed by atoms with Gasteiger partial charge in [0.2, 0.25) is 17.7 Å². The highest BCUT2D eigenvalue weighted by Gasteiger charge is 2.40. The fourth-order valence-corrected chi connectivity index (χ4v) is 4.15. The quantitative estimate of drug-likeness (QED) is 0.517. The predicted octanol–water partition coefficient (Wildman–Crippen LogP) is 2.14. The molecular weight excluding hydrogens is 479 g/mol. The molecule has 0 saturated heterocycles. The first-order valence-corrected chi connectivity index (χ1v) is 11.2. The van der Waals surface area contributed by atoms with Gasteiger partial charge in [-0.3, -0.25) is 4.79 Å². The SMILES string of the molecule is CN1c2nc(NCc3ccc(Oc4cnc(C(F)(F)F)nc4)nc3)nc3c2N(CCC3)C(=O)C1CN. The number of aromatic nitrogens is 5. The monoisotopic (exact) mass is 501 g/mol. The number of carbonyl (C=O) groups is 1. The zero-order valence-corrected chi connectivity index (χ0v) is 19.2. The Bertz CT molecular complexity index is 1270. The van der Waals surface area contributed by atoms with Crippen molar-refractivity contribution in [3.05, 3.63) is 47.8 Å². The molecule has 0 bridgehead atoms. The van der Waals surface area contributed by atoms with Crippen molar-refractivity contribution in [3.63, 3.8) is 0 Å². The van der Waals surface area contributed by atoms with Crippen molar-refractivity contribution < 1.29 is 22.7 Å². The summed E-state index contributed by atoms with van der Waals surface area (Å²) in [7, 11) is 1.80. The van der Waals surface area contributed by atoms with Gasteiger partial charge in [0.1, 0.15) is 11.7 Å². The zero-order valence-electron chi connectivity index (χ0n) is 19.2. The van der Waals surface area contributed by atoms with Crippen LogP contribution in [0.5, 0.6) is 11.6 Å². The number of amides is 1. The molecule has 1 atom stereocenters. The van der Waals surface area contributed by atoms with E-state index in [1.807, 2.05) is 0 Å². The van der Waals surface area contributed by atoms with Gasteiger partial charge >= 0.3 is 6.18 Å². The van der Waals surface area contributed by atoms with Crippen molar-refractivity contribution in [2.45, 2.75) is 31.6 Å². The summed E-state index contributed by atoms with van der Waals surface area (Å²) in [4.78, 5) is 36.3. The Hall–Kier alpha value is -4.07. The number of likely N-dealkylation sites (N-methyl/N-ethyl adjacent to an activating group) is 1. The van der Waals surface area contributed by atoms with Crippen molar-refractivity contribution in [2.24, 2.45) is 5.73 Å². The fourth-order valence-electron chi connectivity index (χ4n) is 4.15. The molecule has 5 heterocycles. The molecule has 0 saturated carbocycles. The van der Waals surface area contributed by atoms with Crippen LogP contribution in [0.25, 0.3) is 0 Å². The molecule has 2 aliphatic rings. The molecule has 0 spiro atoms. The van der Waals surface area contributed by atoms with Crippen molar-refractivity contribution in [1.82, 2.24) is 24.9 Å². The molecule has 1 amide bonds. The van der Waals surface area contributed by atoms with Crippen LogP contribution in [0.1, 0.15) is 23.5 Å². The van der Waals surface area contributed by atoms with Gasteiger partial charge in [-0.05, 0) is 18.4 Å². The third-order valence-electron chi connectivity index (χ3n) is 5.93. The van der Waals surface area contributed by atoms with E-state index in [-0.39, 0.29) is 24.1 Å². The van der Waals surface area contributed by atoms with Crippen LogP contribution in [0.15, 0.2) is 30.7 Å². The Balaban J connectivity index is 1.27. The molecule has 36 heavy (non-hydrogen) atoms. The first-order chi connectivity index (χ1) is 17.2. The Morgan fingerprint density at radius 3 is 2.61 bits per heavy atom. The molecule has 5 rings (SSSR count). The van der Waals surface area contributed by atoms with Crippen LogP contribution in [0.3, 0.4) is 0 Å². The van der Waals surface area contributed by atoms with E-state index in [1.54, 1.807) is 35.2 Å². The number of nitrogens with two attached hydrogens (primary N) is 1. The maximum Gasteiger partial charge on any atom is 0.451 e. The first kappa shape index (κ1) is 23.7. The highest BCUT2D eigenvalue weighted by atomic mass is 19.4. The Morgan fingerprint density at radius 1 is 1.17 bits per heavy atom. The van der Waals surface area contributed by atoms with Gasteiger partial charge in [-0.1, -0.05) is 6.07 Å². The van der Waals surface area contributed by atoms with Crippen molar-refractivity contribution in [2.75, 3.05) is 35.3 Å². The Labute approximate surface area is 203 Å². The second-order valence-electron chi connectivity index (χ2n) is 8.32. The lowest BCUT2D eigenvalue weighted by Crippen LogP contribution is -2.57. The fraction of sp³-hybridized carbons (Fsp3) is 0.364. The predicted molar refractivity (Wildman–Crippen MR) is 123 cm³/mol. The van der Waals surface area contributed by atoms with E-state index in [0.29, 0.717) is 24.9 Å². The molecule has 11 nitrogen and oxygen atoms in total. The number of halogens is 3. The number of rotatable bonds is 6. The topological polar surface area (TPSA) is 135 Å². The number of aryl methyl sites for hydroxylation is 1. The van der Waals surface area contributed by atoms with E-state index < -0.39 is 18.0 Å². The molecule has 0 fully saturated rings. The third-order valence-corrected chi connectivity index (χ3v) is 5.93. The van der Waals surface area contributed by atoms with Gasteiger partial charge in [0, 0.05) is 38.9 Å². The number of alkyl halides is 3. The van der Waals surface area contributed by atoms with E-state index >= 15 is 0 Å². The summed E-state index contributed by atoms with van der Waals surface area (Å²) in [5.74, 6) is 0.0181. The van der Waals surface area contributed by atoms with Gasteiger partial charge in [0.05, 0.1) is 18.1 Å². The number of nitrogens with zero attached hydrogens (tertiary/aromatic N) is 7. The van der Waals surface area contributed by atoms with Crippen LogP contribution in [0, 0.1) is 0 Å². The van der Waals surface area contributed by atoms with Crippen molar-refractivity contribution in [1.29, 1.82) is 0 Å². The van der Waals surface area contributed by atoms with E-state index in [4.69, 9.17) is 10.5 Å². The molecule has 0 aromatic carbocycles. The highest BCUT2D eigenvalue weighted by Crippen LogP contribution is 2.39. The Morgan fingerprint density at radius 2 is 1.94 bits per heavy atom. The molecule has 3 N–H and O–H groups in total. The summed E-state index contributed by atoms with van der Waals surface area (Å²) in [6.45, 7) is 1.17. The van der Waals surface area contributed by atoms with Crippen LogP contribution in [-0.4, -0.2) is 57.0 Å². The van der Waals surface area contributed by atoms with Crippen LogP contribution < -0.4 is 25.6 Å². The number of hydrogen-bond donors (Lipinski definition) is 2. The number of hydrogen-bond acceptors (Lipinski definition) is 10. The summed E-state index contributed by atoms with van der Waals surface area (Å²) < 4.78 is 43.2. The van der Waals surface area contributed by atoms with Gasteiger partial charge in [0.25, 0.3) is 5.91 Å². The molecule has 3 aromatic rings. The number of ether oxygens (including phenoxy) is 1. The molecule has 0 aliphatic carbocycles. The zero-order chi connectivity index (χ0) is 25.4. The van der Waals surface area contributed by atoms with Gasteiger partial charge in [-0.25, -0.2) is 19.9 Å². The Kier molecular flexibility index (Phi) is 6.04. The molecule has 1 unspecified atom stereocenters. The average molecular weight is 501 g/mol. The van der Waals surface area contributed by atoms with E-state index in [2.05, 4.69) is 30.2 Å². The summed E-state index contributed by atoms with van der Waals surface area (Å²) in [5, 5.41) is 3.19. The van der Waals surface area contributed by atoms with Crippen LogP contribution >= 0.6 is 0 Å². The molecule has 2 aliphatic heterocycles. The molecule has 3 aromatic heterocycles. The van der Waals surface area contributed by atoms with Gasteiger partial charge in [-0.2, -0.15) is 18.2 Å². The summed E-state index contributed by atoms with van der Waals surface area (Å²) in [6.07, 6.45) is 0.369. The standard InChI is InChI=1S/C22H22F3N9O2/c1-33-15(7-26)19(35)34-6-2-3-14-17(34)18(33)32-21(31-14)30-9-12-4-5-16(27-8-12)36-13-10-28-20(29-11-13)22(23,24)25/h4-5,8,10-11,15H,2-3,6-7,9,26H2,1H3,(H,30,31,32). The average Bonchev–Trinajstić information content (AvgIpc) is 2.87. The summed E-state index contributed by atoms with van der Waals surface area (Å²) in [6, 6.07) is 2.85. The van der Waals surface area contributed by atoms with E-state index in [1.165, 1.54) is 0 Å². The lowest BCUT2D eigenvalue weighted by Gasteiger charge is -2.42. The number of carbonyl (C=O) groups excluding carboxylic acids is 1. The van der Waals surface area contributed by atoms with E-state index in [9.17, 15) is 18.0 Å². The van der Waals surface area contributed by atoms with Gasteiger partial charge in [0.15, 0.2) is 11.6 Å². The number of pyridine rings is 1. The minimum absolute atomic E-state index is 0.0326. The smallest absolute Gasteiger partial charge is 0.436 e. The second kappa shape index (κ2) is 9.18. The lowest BCUT2D eigenvalue weighted by molar-refractivity contribution is -0.145. The number of nitrogens with one attached hydrogen (secondary N) is 1. The third kappa shape index (κ3) is 4.46. The maximum atomic E-state index is 12.8. The van der Waals surface area contributed by atoms with Crippen molar-refractivity contribution >= 4 is 23.4 Å². The summed E-state index contributed by atoms with van der Waals surface area (Å²) in [5.41, 5.74) is 8.21. The lowest BCUT2D eigenvalue weighted by atomic mass is 10.0. The van der Waals surface area contributed by atoms with Gasteiger partial charge < -0.3 is 25.6 Å². The maximum absolute atomic E-state index is 12.8. The molecule has 14 heteroatoms. The minimum Gasteiger partial charge on any atom is -0.436 e. The highest BCUT2D eigenvalue weighted by molar-refractivity contribution is 6.05. The summed E-state index contributed by atoms with van der Waals surface area (Å²) >= 11 is 0. The van der Waals surface area contributed by atoms with E-state index in [0.717, 1.165) is 42.2 Å². The molecule has 188 valence electrons. The largest absolute Gasteiger partial charge is 0.451 e. The van der Waals surface area contributed by atoms with Gasteiger partial charge in [-0.15, -0.1) is 0 Å². The van der Waals surface area contributed by atoms with Crippen molar-refractivity contribution in [3.8, 4) is 11.6 Å². The van der Waals surface area contributed by atoms with Crippen LogP contribution in [0.4, 0.5) is 30.6 Å². The number of anilines is 3.